The van der Waals surface area contributed by atoms with Crippen molar-refractivity contribution in [1.82, 2.24) is 0 Å². The molecule has 0 bridgehead atoms. The molecular formula is C15H16O4. The van der Waals surface area contributed by atoms with Crippen molar-refractivity contribution in [3.05, 3.63) is 35.5 Å². The van der Waals surface area contributed by atoms with Gasteiger partial charge in [0.1, 0.15) is 0 Å². The minimum Gasteiger partial charge on any atom is -0.478 e. The topological polar surface area (TPSA) is 63.6 Å². The zero-order valence-electron chi connectivity index (χ0n) is 11.0. The molecule has 3 rings (SSSR count). The second kappa shape index (κ2) is 3.59. The van der Waals surface area contributed by atoms with Crippen LogP contribution in [0, 0.1) is 23.2 Å². The van der Waals surface area contributed by atoms with Crippen molar-refractivity contribution in [2.75, 3.05) is 6.61 Å². The molecule has 1 aliphatic heterocycles. The van der Waals surface area contributed by atoms with E-state index in [2.05, 4.69) is 13.5 Å². The monoisotopic (exact) mass is 260 g/mol. The number of carboxylic acid groups (broad SMARTS) is 1. The van der Waals surface area contributed by atoms with Crippen molar-refractivity contribution in [3.63, 3.8) is 0 Å². The van der Waals surface area contributed by atoms with E-state index < -0.39 is 17.4 Å². The fourth-order valence-corrected chi connectivity index (χ4v) is 3.85. The molecule has 19 heavy (non-hydrogen) atoms. The Morgan fingerprint density at radius 1 is 1.58 bits per heavy atom. The third-order valence-electron chi connectivity index (χ3n) is 4.98. The summed E-state index contributed by atoms with van der Waals surface area (Å²) in [4.78, 5) is 23.2. The van der Waals surface area contributed by atoms with Gasteiger partial charge in [-0.05, 0) is 18.8 Å². The summed E-state index contributed by atoms with van der Waals surface area (Å²) in [7, 11) is 0. The number of esters is 1. The van der Waals surface area contributed by atoms with Crippen LogP contribution in [-0.2, 0) is 14.3 Å². The molecular weight excluding hydrogens is 244 g/mol. The highest BCUT2D eigenvalue weighted by atomic mass is 16.5. The Labute approximate surface area is 111 Å². The molecule has 0 aromatic carbocycles. The van der Waals surface area contributed by atoms with Gasteiger partial charge in [0, 0.05) is 22.5 Å². The average molecular weight is 260 g/mol. The third kappa shape index (κ3) is 1.29. The van der Waals surface area contributed by atoms with Crippen LogP contribution in [0.15, 0.2) is 35.5 Å². The van der Waals surface area contributed by atoms with Gasteiger partial charge in [0.05, 0.1) is 6.61 Å². The van der Waals surface area contributed by atoms with Gasteiger partial charge in [-0.25, -0.2) is 9.59 Å². The first-order valence-corrected chi connectivity index (χ1v) is 6.40. The van der Waals surface area contributed by atoms with Crippen LogP contribution in [0.4, 0.5) is 0 Å². The number of carbonyl (C=O) groups excluding carboxylic acids is 1. The lowest BCUT2D eigenvalue weighted by Crippen LogP contribution is -2.43. The van der Waals surface area contributed by atoms with E-state index in [1.807, 2.05) is 13.0 Å². The number of aliphatic carboxylic acids is 1. The number of hydrogen-bond donors (Lipinski definition) is 1. The van der Waals surface area contributed by atoms with Crippen molar-refractivity contribution in [1.29, 1.82) is 0 Å². The molecule has 0 unspecified atom stereocenters. The van der Waals surface area contributed by atoms with Crippen molar-refractivity contribution < 1.29 is 19.4 Å². The van der Waals surface area contributed by atoms with Gasteiger partial charge in [-0.1, -0.05) is 31.2 Å². The van der Waals surface area contributed by atoms with Gasteiger partial charge < -0.3 is 9.84 Å². The van der Waals surface area contributed by atoms with Gasteiger partial charge in [0.15, 0.2) is 0 Å². The van der Waals surface area contributed by atoms with E-state index in [1.54, 1.807) is 6.08 Å². The maximum absolute atomic E-state index is 11.8. The van der Waals surface area contributed by atoms with Crippen LogP contribution in [0.5, 0.6) is 0 Å². The van der Waals surface area contributed by atoms with E-state index in [9.17, 15) is 14.7 Å². The van der Waals surface area contributed by atoms with Crippen LogP contribution in [0.1, 0.15) is 13.8 Å². The Hall–Kier alpha value is -1.84. The van der Waals surface area contributed by atoms with Crippen LogP contribution in [-0.4, -0.2) is 23.7 Å². The second-order valence-corrected chi connectivity index (χ2v) is 5.69. The zero-order valence-corrected chi connectivity index (χ0v) is 11.0. The van der Waals surface area contributed by atoms with Gasteiger partial charge >= 0.3 is 11.9 Å². The number of allylic oxidation sites excluding steroid dienone is 3. The normalized spacial score (nSPS) is 40.2. The third-order valence-corrected chi connectivity index (χ3v) is 4.98. The number of cyclic esters (lactones) is 1. The smallest absolute Gasteiger partial charge is 0.334 e. The molecule has 4 atom stereocenters. The summed E-state index contributed by atoms with van der Waals surface area (Å²) in [5.74, 6) is -1.41. The summed E-state index contributed by atoms with van der Waals surface area (Å²) < 4.78 is 5.09. The van der Waals surface area contributed by atoms with E-state index in [0.717, 1.165) is 0 Å². The first-order valence-electron chi connectivity index (χ1n) is 6.40. The van der Waals surface area contributed by atoms with Crippen LogP contribution < -0.4 is 0 Å². The Bertz CT molecular complexity index is 569. The van der Waals surface area contributed by atoms with Crippen molar-refractivity contribution in [3.8, 4) is 0 Å². The molecule has 2 aliphatic carbocycles. The minimum atomic E-state index is -0.928. The first-order chi connectivity index (χ1) is 8.89. The lowest BCUT2D eigenvalue weighted by molar-refractivity contribution is -0.148. The molecule has 100 valence electrons. The van der Waals surface area contributed by atoms with Crippen molar-refractivity contribution >= 4 is 11.9 Å². The number of carboxylic acids is 1. The van der Waals surface area contributed by atoms with Crippen LogP contribution in [0.25, 0.3) is 0 Å². The minimum absolute atomic E-state index is 0.00366. The zero-order chi connectivity index (χ0) is 13.9. The molecule has 0 saturated carbocycles. The van der Waals surface area contributed by atoms with Crippen molar-refractivity contribution in [2.24, 2.45) is 23.2 Å². The summed E-state index contributed by atoms with van der Waals surface area (Å²) in [6.07, 6.45) is 3.85. The van der Waals surface area contributed by atoms with Gasteiger partial charge in [0.25, 0.3) is 0 Å². The molecule has 4 nitrogen and oxygen atoms in total. The molecule has 1 spiro atoms. The standard InChI is InChI=1S/C15H16O4/c1-7-5-15-9(3)14(18)19-6-12(15)10(13(16)17)4-11(15)8(7)2/h4-5,8,11-12H,3,6H2,1-2H3,(H,16,17)/t8-,11-,12+,15-/m1/s1. The summed E-state index contributed by atoms with van der Waals surface area (Å²) in [6.45, 7) is 8.11. The van der Waals surface area contributed by atoms with Crippen LogP contribution >= 0.6 is 0 Å². The SMILES string of the molecule is C=C1C(=O)OC[C@H]2C(C(=O)O)=C[C@@H]3[C@H](C)C(C)=C[C@@]132. The molecule has 1 fully saturated rings. The predicted octanol–water partition coefficient (Wildman–Crippen LogP) is 1.94. The fraction of sp³-hybridized carbons (Fsp3) is 0.467. The summed E-state index contributed by atoms with van der Waals surface area (Å²) in [5.41, 5.74) is 1.36. The molecule has 3 aliphatic rings. The Balaban J connectivity index is 2.18. The maximum atomic E-state index is 11.8. The Morgan fingerprint density at radius 3 is 2.89 bits per heavy atom. The van der Waals surface area contributed by atoms with Gasteiger partial charge in [-0.3, -0.25) is 0 Å². The van der Waals surface area contributed by atoms with Crippen molar-refractivity contribution in [2.45, 2.75) is 13.8 Å². The highest BCUT2D eigenvalue weighted by Gasteiger charge is 2.61. The number of carbonyl (C=O) groups is 2. The Kier molecular flexibility index (Phi) is 2.31. The van der Waals surface area contributed by atoms with E-state index in [0.29, 0.717) is 11.1 Å². The van der Waals surface area contributed by atoms with Gasteiger partial charge in [-0.2, -0.15) is 0 Å². The molecule has 0 amide bonds. The highest BCUT2D eigenvalue weighted by molar-refractivity contribution is 5.95. The molecule has 1 heterocycles. The number of hydrogen-bond acceptors (Lipinski definition) is 3. The molecule has 1 N–H and O–H groups in total. The van der Waals surface area contributed by atoms with E-state index >= 15 is 0 Å². The average Bonchev–Trinajstić information content (AvgIpc) is 2.80. The maximum Gasteiger partial charge on any atom is 0.334 e. The fourth-order valence-electron chi connectivity index (χ4n) is 3.85. The quantitative estimate of drug-likeness (QED) is 0.444. The van der Waals surface area contributed by atoms with E-state index in [1.165, 1.54) is 5.57 Å². The second-order valence-electron chi connectivity index (χ2n) is 5.69. The van der Waals surface area contributed by atoms with Gasteiger partial charge in [-0.15, -0.1) is 0 Å². The first kappa shape index (κ1) is 12.2. The predicted molar refractivity (Wildman–Crippen MR) is 68.2 cm³/mol. The summed E-state index contributed by atoms with van der Waals surface area (Å²) >= 11 is 0. The van der Waals surface area contributed by atoms with Crippen LogP contribution in [0.3, 0.4) is 0 Å². The van der Waals surface area contributed by atoms with Crippen LogP contribution in [0.2, 0.25) is 0 Å². The Morgan fingerprint density at radius 2 is 2.26 bits per heavy atom. The molecule has 4 heteroatoms. The number of ether oxygens (including phenoxy) is 1. The van der Waals surface area contributed by atoms with Gasteiger partial charge in [0.2, 0.25) is 0 Å². The molecule has 0 radical (unpaired) electrons. The number of rotatable bonds is 1. The lowest BCUT2D eigenvalue weighted by atomic mass is 9.65. The highest BCUT2D eigenvalue weighted by Crippen LogP contribution is 2.62. The molecule has 0 aromatic rings. The summed E-state index contributed by atoms with van der Waals surface area (Å²) in [6, 6.07) is 0. The molecule has 1 saturated heterocycles. The largest absolute Gasteiger partial charge is 0.478 e. The van der Waals surface area contributed by atoms with E-state index in [-0.39, 0.29) is 24.4 Å². The molecule has 0 aromatic heterocycles. The lowest BCUT2D eigenvalue weighted by Gasteiger charge is -2.40. The summed E-state index contributed by atoms with van der Waals surface area (Å²) in [5, 5.41) is 9.35. The van der Waals surface area contributed by atoms with E-state index in [4.69, 9.17) is 4.74 Å².